The SMILES string of the molecule is Cc1cnc2c(ccc3ccc(-c4cccc(-c5ccc(-c6cc7cccnc7c7nccc(C)c67)cc5)c4)nc32)c1. The number of benzene rings is 4. The first kappa shape index (κ1) is 24.3. The molecule has 0 aliphatic heterocycles. The third-order valence-electron chi connectivity index (χ3n) is 8.13. The van der Waals surface area contributed by atoms with Gasteiger partial charge in [-0.2, -0.15) is 0 Å². The number of hydrogen-bond acceptors (Lipinski definition) is 4. The number of aryl methyl sites for hydroxylation is 2. The highest BCUT2D eigenvalue weighted by Crippen LogP contribution is 2.36. The quantitative estimate of drug-likeness (QED) is 0.210. The molecule has 4 aromatic carbocycles. The minimum absolute atomic E-state index is 0.933. The molecule has 0 aliphatic carbocycles. The lowest BCUT2D eigenvalue weighted by Gasteiger charge is -2.13. The van der Waals surface area contributed by atoms with Gasteiger partial charge in [0.15, 0.2) is 0 Å². The highest BCUT2D eigenvalue weighted by molar-refractivity contribution is 6.11. The van der Waals surface area contributed by atoms with Gasteiger partial charge < -0.3 is 0 Å². The molecule has 0 fully saturated rings. The van der Waals surface area contributed by atoms with Gasteiger partial charge in [-0.1, -0.05) is 66.7 Å². The van der Waals surface area contributed by atoms with Crippen LogP contribution in [0.25, 0.3) is 77.1 Å². The molecule has 4 nitrogen and oxygen atoms in total. The Bertz CT molecular complexity index is 2320. The molecule has 0 bridgehead atoms. The van der Waals surface area contributed by atoms with Crippen molar-refractivity contribution in [2.24, 2.45) is 0 Å². The molecule has 4 heteroatoms. The van der Waals surface area contributed by atoms with Crippen LogP contribution < -0.4 is 0 Å². The average molecular weight is 539 g/mol. The number of rotatable bonds is 3. The normalized spacial score (nSPS) is 11.6. The van der Waals surface area contributed by atoms with E-state index in [0.717, 1.165) is 77.1 Å². The summed E-state index contributed by atoms with van der Waals surface area (Å²) in [6, 6.07) is 36.5. The molecular formula is C38H26N4. The zero-order valence-corrected chi connectivity index (χ0v) is 23.3. The summed E-state index contributed by atoms with van der Waals surface area (Å²) in [6.07, 6.45) is 5.62. The van der Waals surface area contributed by atoms with Crippen LogP contribution in [0.2, 0.25) is 0 Å². The van der Waals surface area contributed by atoms with Crippen LogP contribution in [0.3, 0.4) is 0 Å². The van der Waals surface area contributed by atoms with Crippen LogP contribution in [0, 0.1) is 13.8 Å². The van der Waals surface area contributed by atoms with Crippen molar-refractivity contribution in [3.05, 3.63) is 133 Å². The summed E-state index contributed by atoms with van der Waals surface area (Å²) in [7, 11) is 0. The summed E-state index contributed by atoms with van der Waals surface area (Å²) in [4.78, 5) is 19.2. The van der Waals surface area contributed by atoms with Crippen molar-refractivity contribution in [3.63, 3.8) is 0 Å². The molecule has 0 amide bonds. The van der Waals surface area contributed by atoms with Crippen LogP contribution in [0.15, 0.2) is 122 Å². The van der Waals surface area contributed by atoms with Crippen LogP contribution in [0.5, 0.6) is 0 Å². The molecule has 42 heavy (non-hydrogen) atoms. The van der Waals surface area contributed by atoms with E-state index in [1.54, 1.807) is 0 Å². The predicted molar refractivity (Wildman–Crippen MR) is 173 cm³/mol. The third-order valence-corrected chi connectivity index (χ3v) is 8.13. The van der Waals surface area contributed by atoms with Gasteiger partial charge in [0, 0.05) is 45.7 Å². The van der Waals surface area contributed by atoms with E-state index in [-0.39, 0.29) is 0 Å². The van der Waals surface area contributed by atoms with Gasteiger partial charge in [-0.25, -0.2) is 4.98 Å². The van der Waals surface area contributed by atoms with Crippen molar-refractivity contribution in [2.45, 2.75) is 13.8 Å². The smallest absolute Gasteiger partial charge is 0.0973 e. The summed E-state index contributed by atoms with van der Waals surface area (Å²) < 4.78 is 0. The summed E-state index contributed by atoms with van der Waals surface area (Å²) in [5, 5.41) is 4.45. The molecule has 0 unspecified atom stereocenters. The second kappa shape index (κ2) is 9.57. The first-order valence-electron chi connectivity index (χ1n) is 14.1. The molecule has 0 atom stereocenters. The van der Waals surface area contributed by atoms with Crippen molar-refractivity contribution in [3.8, 4) is 33.5 Å². The van der Waals surface area contributed by atoms with E-state index >= 15 is 0 Å². The second-order valence-corrected chi connectivity index (χ2v) is 10.9. The first-order chi connectivity index (χ1) is 20.6. The second-order valence-electron chi connectivity index (χ2n) is 10.9. The van der Waals surface area contributed by atoms with Gasteiger partial charge in [0.1, 0.15) is 0 Å². The highest BCUT2D eigenvalue weighted by atomic mass is 14.8. The van der Waals surface area contributed by atoms with Crippen molar-refractivity contribution < 1.29 is 0 Å². The van der Waals surface area contributed by atoms with E-state index in [1.807, 2.05) is 24.7 Å². The third kappa shape index (κ3) is 4.00. The monoisotopic (exact) mass is 538 g/mol. The Balaban J connectivity index is 1.20. The zero-order valence-electron chi connectivity index (χ0n) is 23.3. The Morgan fingerprint density at radius 2 is 1.21 bits per heavy atom. The van der Waals surface area contributed by atoms with Gasteiger partial charge in [0.05, 0.1) is 27.8 Å². The Hall–Kier alpha value is -5.48. The maximum absolute atomic E-state index is 5.08. The molecule has 0 saturated carbocycles. The van der Waals surface area contributed by atoms with Crippen LogP contribution in [-0.4, -0.2) is 19.9 Å². The molecule has 4 aromatic heterocycles. The first-order valence-corrected chi connectivity index (χ1v) is 14.1. The number of pyridine rings is 4. The minimum Gasteiger partial charge on any atom is -0.254 e. The van der Waals surface area contributed by atoms with E-state index in [0.29, 0.717) is 0 Å². The summed E-state index contributed by atoms with van der Waals surface area (Å²) in [6.45, 7) is 4.21. The van der Waals surface area contributed by atoms with E-state index in [2.05, 4.69) is 116 Å². The maximum atomic E-state index is 5.08. The molecule has 198 valence electrons. The molecule has 8 aromatic rings. The Morgan fingerprint density at radius 3 is 2.12 bits per heavy atom. The lowest BCUT2D eigenvalue weighted by molar-refractivity contribution is 1.32. The summed E-state index contributed by atoms with van der Waals surface area (Å²) >= 11 is 0. The van der Waals surface area contributed by atoms with Gasteiger partial charge in [0.25, 0.3) is 0 Å². The molecule has 8 rings (SSSR count). The van der Waals surface area contributed by atoms with Crippen LogP contribution in [0.1, 0.15) is 11.1 Å². The van der Waals surface area contributed by atoms with E-state index < -0.39 is 0 Å². The predicted octanol–water partition coefficient (Wildman–Crippen LogP) is 9.50. The molecule has 0 aliphatic rings. The van der Waals surface area contributed by atoms with Crippen LogP contribution in [-0.2, 0) is 0 Å². The standard InChI is InChI=1S/C38H26N4/c1-23-19-31-13-12-27-14-15-33(42-37(27)35(31)41-22-23)29-6-3-5-28(20-29)25-8-10-26(11-9-25)32-21-30-7-4-17-39-36(30)38-34(32)24(2)16-18-40-38/h3-22H,1-2H3. The largest absolute Gasteiger partial charge is 0.254 e. The van der Waals surface area contributed by atoms with E-state index in [9.17, 15) is 0 Å². The molecular weight excluding hydrogens is 512 g/mol. The average Bonchev–Trinajstić information content (AvgIpc) is 3.04. The number of aromatic nitrogens is 4. The van der Waals surface area contributed by atoms with Gasteiger partial charge in [0.2, 0.25) is 0 Å². The van der Waals surface area contributed by atoms with Crippen molar-refractivity contribution in [2.75, 3.05) is 0 Å². The van der Waals surface area contributed by atoms with Gasteiger partial charge >= 0.3 is 0 Å². The summed E-state index contributed by atoms with van der Waals surface area (Å²) in [5.74, 6) is 0. The molecule has 0 radical (unpaired) electrons. The summed E-state index contributed by atoms with van der Waals surface area (Å²) in [5.41, 5.74) is 12.8. The molecule has 0 N–H and O–H groups in total. The topological polar surface area (TPSA) is 51.6 Å². The van der Waals surface area contributed by atoms with Crippen molar-refractivity contribution in [1.82, 2.24) is 19.9 Å². The fourth-order valence-electron chi connectivity index (χ4n) is 6.02. The molecule has 0 saturated heterocycles. The molecule has 4 heterocycles. The fourth-order valence-corrected chi connectivity index (χ4v) is 6.02. The van der Waals surface area contributed by atoms with Gasteiger partial charge in [-0.3, -0.25) is 15.0 Å². The van der Waals surface area contributed by atoms with Gasteiger partial charge in [-0.15, -0.1) is 0 Å². The van der Waals surface area contributed by atoms with Crippen LogP contribution in [0.4, 0.5) is 0 Å². The van der Waals surface area contributed by atoms with Crippen LogP contribution >= 0.6 is 0 Å². The minimum atomic E-state index is 0.933. The fraction of sp³-hybridized carbons (Fsp3) is 0.0526. The van der Waals surface area contributed by atoms with Gasteiger partial charge in [-0.05, 0) is 83.6 Å². The van der Waals surface area contributed by atoms with Crippen molar-refractivity contribution in [1.29, 1.82) is 0 Å². The zero-order chi connectivity index (χ0) is 28.2. The lowest BCUT2D eigenvalue weighted by Crippen LogP contribution is -1.91. The Kier molecular flexibility index (Phi) is 5.54. The highest BCUT2D eigenvalue weighted by Gasteiger charge is 2.13. The Morgan fingerprint density at radius 1 is 0.476 bits per heavy atom. The maximum Gasteiger partial charge on any atom is 0.0973 e. The Labute approximate surface area is 243 Å². The number of nitrogens with zero attached hydrogens (tertiary/aromatic N) is 4. The lowest BCUT2D eigenvalue weighted by atomic mass is 9.93. The van der Waals surface area contributed by atoms with E-state index in [4.69, 9.17) is 15.0 Å². The number of fused-ring (bicyclic) bond motifs is 6. The number of hydrogen-bond donors (Lipinski definition) is 0. The van der Waals surface area contributed by atoms with E-state index in [1.165, 1.54) is 11.1 Å². The molecule has 0 spiro atoms. The van der Waals surface area contributed by atoms with Crippen molar-refractivity contribution >= 4 is 43.6 Å².